The quantitative estimate of drug-likeness (QED) is 0.608. The number of hydrogen-bond donors (Lipinski definition) is 1. The van der Waals surface area contributed by atoms with E-state index in [2.05, 4.69) is 15.3 Å². The van der Waals surface area contributed by atoms with Crippen LogP contribution in [0.4, 0.5) is 40.7 Å². The first-order valence-electron chi connectivity index (χ1n) is 8.12. The number of ether oxygens (including phenoxy) is 1. The summed E-state index contributed by atoms with van der Waals surface area (Å²) >= 11 is 0. The molecule has 28 heavy (non-hydrogen) atoms. The molecule has 0 aliphatic carbocycles. The van der Waals surface area contributed by atoms with Crippen LogP contribution in [0.25, 0.3) is 0 Å². The van der Waals surface area contributed by atoms with Gasteiger partial charge in [0.05, 0.1) is 7.11 Å². The second kappa shape index (κ2) is 7.71. The van der Waals surface area contributed by atoms with E-state index in [1.807, 2.05) is 0 Å². The molecule has 146 valence electrons. The summed E-state index contributed by atoms with van der Waals surface area (Å²) in [6, 6.07) is 11.8. The zero-order valence-corrected chi connectivity index (χ0v) is 15.0. The number of methoxy groups -OCH3 is 1. The Bertz CT molecular complexity index is 944. The Morgan fingerprint density at radius 2 is 1.64 bits per heavy atom. The van der Waals surface area contributed by atoms with E-state index in [0.29, 0.717) is 23.3 Å². The fraction of sp³-hybridized carbons (Fsp3) is 0.158. The third kappa shape index (κ3) is 4.30. The predicted molar refractivity (Wildman–Crippen MR) is 97.8 cm³/mol. The van der Waals surface area contributed by atoms with Gasteiger partial charge in [0, 0.05) is 24.6 Å². The molecule has 0 saturated heterocycles. The molecule has 0 amide bonds. The number of hydrogen-bond acceptors (Lipinski definition) is 5. The monoisotopic (exact) mass is 392 g/mol. The van der Waals surface area contributed by atoms with Gasteiger partial charge in [0.1, 0.15) is 22.9 Å². The van der Waals surface area contributed by atoms with E-state index < -0.39 is 23.4 Å². The van der Waals surface area contributed by atoms with Crippen LogP contribution in [0.1, 0.15) is 5.56 Å². The summed E-state index contributed by atoms with van der Waals surface area (Å²) in [5, 5.41) is 2.67. The first-order chi connectivity index (χ1) is 13.3. The number of aromatic nitrogens is 2. The summed E-state index contributed by atoms with van der Waals surface area (Å²) < 4.78 is 58.3. The van der Waals surface area contributed by atoms with Crippen LogP contribution in [-0.2, 0) is 6.18 Å². The van der Waals surface area contributed by atoms with Crippen LogP contribution >= 0.6 is 0 Å². The van der Waals surface area contributed by atoms with Gasteiger partial charge in [-0.2, -0.15) is 18.2 Å². The number of alkyl halides is 3. The first-order valence-corrected chi connectivity index (χ1v) is 8.12. The molecule has 0 spiro atoms. The minimum Gasteiger partial charge on any atom is -0.497 e. The van der Waals surface area contributed by atoms with Crippen molar-refractivity contribution in [1.82, 2.24) is 9.97 Å². The molecule has 0 radical (unpaired) electrons. The average Bonchev–Trinajstić information content (AvgIpc) is 2.68. The number of nitrogens with zero attached hydrogens (tertiary/aromatic N) is 3. The molecule has 0 atom stereocenters. The average molecular weight is 392 g/mol. The summed E-state index contributed by atoms with van der Waals surface area (Å²) in [6.07, 6.45) is -3.92. The fourth-order valence-electron chi connectivity index (χ4n) is 2.43. The Hall–Kier alpha value is -3.36. The second-order valence-electron chi connectivity index (χ2n) is 5.82. The number of rotatable bonds is 5. The van der Waals surface area contributed by atoms with Crippen molar-refractivity contribution in [3.8, 4) is 5.75 Å². The lowest BCUT2D eigenvalue weighted by Gasteiger charge is -2.20. The Labute approximate surface area is 158 Å². The molecule has 0 fully saturated rings. The Morgan fingerprint density at radius 3 is 2.21 bits per heavy atom. The van der Waals surface area contributed by atoms with Crippen LogP contribution in [0.5, 0.6) is 5.75 Å². The molecule has 1 heterocycles. The molecule has 1 aromatic heterocycles. The summed E-state index contributed by atoms with van der Waals surface area (Å²) in [7, 11) is 3.07. The maximum absolute atomic E-state index is 13.4. The molecule has 5 nitrogen and oxygen atoms in total. The minimum atomic E-state index is -4.64. The lowest BCUT2D eigenvalue weighted by Crippen LogP contribution is -2.17. The molecule has 0 saturated carbocycles. The van der Waals surface area contributed by atoms with Crippen LogP contribution < -0.4 is 15.0 Å². The van der Waals surface area contributed by atoms with Crippen LogP contribution in [0.15, 0.2) is 54.7 Å². The fourth-order valence-corrected chi connectivity index (χ4v) is 2.43. The lowest BCUT2D eigenvalue weighted by molar-refractivity contribution is -0.137. The van der Waals surface area contributed by atoms with E-state index in [-0.39, 0.29) is 5.95 Å². The van der Waals surface area contributed by atoms with Crippen LogP contribution in [0.3, 0.4) is 0 Å². The largest absolute Gasteiger partial charge is 0.497 e. The van der Waals surface area contributed by atoms with Gasteiger partial charge in [-0.1, -0.05) is 0 Å². The van der Waals surface area contributed by atoms with Gasteiger partial charge in [-0.15, -0.1) is 0 Å². The SMILES string of the molecule is COc1ccc(Nc2nc(N(C)c3ccc(F)cc3)ncc2C(F)(F)F)cc1. The van der Waals surface area contributed by atoms with Gasteiger partial charge < -0.3 is 15.0 Å². The third-order valence-electron chi connectivity index (χ3n) is 3.95. The molecule has 3 rings (SSSR count). The van der Waals surface area contributed by atoms with E-state index >= 15 is 0 Å². The normalized spacial score (nSPS) is 11.2. The Morgan fingerprint density at radius 1 is 1.00 bits per heavy atom. The van der Waals surface area contributed by atoms with Crippen molar-refractivity contribution in [1.29, 1.82) is 0 Å². The van der Waals surface area contributed by atoms with E-state index in [1.54, 1.807) is 31.3 Å². The maximum atomic E-state index is 13.4. The van der Waals surface area contributed by atoms with Crippen LogP contribution in [-0.4, -0.2) is 24.1 Å². The molecular formula is C19H16F4N4O. The number of anilines is 4. The molecule has 9 heteroatoms. The molecule has 0 aliphatic heterocycles. The Kier molecular flexibility index (Phi) is 5.34. The summed E-state index contributed by atoms with van der Waals surface area (Å²) in [5.41, 5.74) is -0.0727. The minimum absolute atomic E-state index is 0.0237. The third-order valence-corrected chi connectivity index (χ3v) is 3.95. The van der Waals surface area contributed by atoms with Crippen molar-refractivity contribution in [3.05, 3.63) is 66.1 Å². The predicted octanol–water partition coefficient (Wildman–Crippen LogP) is 5.15. The van der Waals surface area contributed by atoms with E-state index in [4.69, 9.17) is 4.74 Å². The van der Waals surface area contributed by atoms with E-state index in [0.717, 1.165) is 0 Å². The second-order valence-corrected chi connectivity index (χ2v) is 5.82. The summed E-state index contributed by atoms with van der Waals surface area (Å²) in [5.74, 6) is -0.222. The van der Waals surface area contributed by atoms with Gasteiger partial charge in [-0.25, -0.2) is 9.37 Å². The van der Waals surface area contributed by atoms with E-state index in [9.17, 15) is 17.6 Å². The molecule has 0 bridgehead atoms. The standard InChI is InChI=1S/C19H16F4N4O/c1-27(14-7-3-12(20)4-8-14)18-24-11-16(19(21,22)23)17(26-18)25-13-5-9-15(28-2)10-6-13/h3-11H,1-2H3,(H,24,25,26). The topological polar surface area (TPSA) is 50.3 Å². The molecule has 2 aromatic carbocycles. The van der Waals surface area contributed by atoms with Crippen molar-refractivity contribution >= 4 is 23.1 Å². The highest BCUT2D eigenvalue weighted by Gasteiger charge is 2.35. The summed E-state index contributed by atoms with van der Waals surface area (Å²) in [4.78, 5) is 9.31. The smallest absolute Gasteiger partial charge is 0.421 e. The van der Waals surface area contributed by atoms with Gasteiger partial charge >= 0.3 is 6.18 Å². The maximum Gasteiger partial charge on any atom is 0.421 e. The number of nitrogens with one attached hydrogen (secondary N) is 1. The highest BCUT2D eigenvalue weighted by molar-refractivity contribution is 5.64. The van der Waals surface area contributed by atoms with Gasteiger partial charge in [0.15, 0.2) is 0 Å². The van der Waals surface area contributed by atoms with Gasteiger partial charge in [0.2, 0.25) is 5.95 Å². The van der Waals surface area contributed by atoms with Crippen molar-refractivity contribution in [2.45, 2.75) is 6.18 Å². The first kappa shape index (κ1) is 19.4. The van der Waals surface area contributed by atoms with Gasteiger partial charge in [-0.05, 0) is 48.5 Å². The van der Waals surface area contributed by atoms with Gasteiger partial charge in [0.25, 0.3) is 0 Å². The van der Waals surface area contributed by atoms with Crippen molar-refractivity contribution < 1.29 is 22.3 Å². The zero-order valence-electron chi connectivity index (χ0n) is 15.0. The molecule has 0 unspecified atom stereocenters. The number of halogens is 4. The van der Waals surface area contributed by atoms with Crippen molar-refractivity contribution in [3.63, 3.8) is 0 Å². The Balaban J connectivity index is 1.97. The van der Waals surface area contributed by atoms with E-state index in [1.165, 1.54) is 36.3 Å². The molecule has 3 aromatic rings. The molecule has 1 N–H and O–H groups in total. The zero-order chi connectivity index (χ0) is 20.3. The lowest BCUT2D eigenvalue weighted by atomic mass is 10.2. The van der Waals surface area contributed by atoms with Gasteiger partial charge in [-0.3, -0.25) is 0 Å². The highest BCUT2D eigenvalue weighted by Crippen LogP contribution is 2.36. The van der Waals surface area contributed by atoms with Crippen LogP contribution in [0.2, 0.25) is 0 Å². The summed E-state index contributed by atoms with van der Waals surface area (Å²) in [6.45, 7) is 0. The molecular weight excluding hydrogens is 376 g/mol. The van der Waals surface area contributed by atoms with Crippen LogP contribution in [0, 0.1) is 5.82 Å². The highest BCUT2D eigenvalue weighted by atomic mass is 19.4. The van der Waals surface area contributed by atoms with Crippen molar-refractivity contribution in [2.24, 2.45) is 0 Å². The van der Waals surface area contributed by atoms with Crippen molar-refractivity contribution in [2.75, 3.05) is 24.4 Å². The number of benzene rings is 2. The molecule has 0 aliphatic rings.